The molecule has 3 heterocycles. The summed E-state index contributed by atoms with van der Waals surface area (Å²) in [6.45, 7) is 1.28. The molecule has 2 aromatic rings. The van der Waals surface area contributed by atoms with Crippen LogP contribution in [0.3, 0.4) is 0 Å². The van der Waals surface area contributed by atoms with Crippen LogP contribution in [0.1, 0.15) is 4.88 Å². The number of hydrogen-bond donors (Lipinski definition) is 0. The predicted octanol–water partition coefficient (Wildman–Crippen LogP) is 1.84. The maximum absolute atomic E-state index is 12.8. The SMILES string of the molecule is O=C(COc1ccccc1)N1CCN2C(=O)N(CCc3cccs3)C(=O)[C@H]2C1. The fourth-order valence-electron chi connectivity index (χ4n) is 3.51. The number of urea groups is 1. The lowest BCUT2D eigenvalue weighted by Crippen LogP contribution is -2.55. The number of hydrogen-bond acceptors (Lipinski definition) is 5. The number of nitrogens with zero attached hydrogens (tertiary/aromatic N) is 3. The van der Waals surface area contributed by atoms with Gasteiger partial charge in [-0.3, -0.25) is 14.5 Å². The normalized spacial score (nSPS) is 19.1. The lowest BCUT2D eigenvalue weighted by molar-refractivity contribution is -0.137. The minimum absolute atomic E-state index is 0.0824. The molecular weight excluding hydrogens is 378 g/mol. The van der Waals surface area contributed by atoms with Gasteiger partial charge in [0, 0.05) is 24.5 Å². The van der Waals surface area contributed by atoms with Gasteiger partial charge in [0.15, 0.2) is 6.61 Å². The van der Waals surface area contributed by atoms with Crippen LogP contribution in [0.2, 0.25) is 0 Å². The molecule has 2 aliphatic rings. The van der Waals surface area contributed by atoms with Crippen LogP contribution in [-0.2, 0) is 16.0 Å². The highest BCUT2D eigenvalue weighted by atomic mass is 32.1. The van der Waals surface area contributed by atoms with Crippen LogP contribution in [-0.4, -0.2) is 71.4 Å². The van der Waals surface area contributed by atoms with Crippen molar-refractivity contribution in [2.75, 3.05) is 32.8 Å². The molecule has 2 saturated heterocycles. The Kier molecular flexibility index (Phi) is 5.29. The van der Waals surface area contributed by atoms with Gasteiger partial charge in [-0.1, -0.05) is 24.3 Å². The van der Waals surface area contributed by atoms with Gasteiger partial charge in [-0.2, -0.15) is 0 Å². The zero-order valence-electron chi connectivity index (χ0n) is 15.3. The van der Waals surface area contributed by atoms with Crippen LogP contribution in [0, 0.1) is 0 Å². The summed E-state index contributed by atoms with van der Waals surface area (Å²) in [6.07, 6.45) is 0.656. The van der Waals surface area contributed by atoms with Crippen LogP contribution in [0.15, 0.2) is 47.8 Å². The van der Waals surface area contributed by atoms with Gasteiger partial charge in [0.1, 0.15) is 11.8 Å². The van der Waals surface area contributed by atoms with Crippen molar-refractivity contribution in [2.45, 2.75) is 12.5 Å². The molecule has 1 aromatic heterocycles. The van der Waals surface area contributed by atoms with Crippen molar-refractivity contribution in [2.24, 2.45) is 0 Å². The first-order valence-electron chi connectivity index (χ1n) is 9.23. The highest BCUT2D eigenvalue weighted by Crippen LogP contribution is 2.23. The summed E-state index contributed by atoms with van der Waals surface area (Å²) in [7, 11) is 0. The number of imide groups is 1. The van der Waals surface area contributed by atoms with Crippen LogP contribution in [0.25, 0.3) is 0 Å². The molecule has 4 amide bonds. The zero-order chi connectivity index (χ0) is 19.5. The first-order valence-corrected chi connectivity index (χ1v) is 10.1. The average molecular weight is 399 g/mol. The molecule has 1 aromatic carbocycles. The Morgan fingerprint density at radius 2 is 1.93 bits per heavy atom. The Morgan fingerprint density at radius 1 is 1.11 bits per heavy atom. The highest BCUT2D eigenvalue weighted by molar-refractivity contribution is 7.09. The van der Waals surface area contributed by atoms with E-state index in [1.54, 1.807) is 33.3 Å². The van der Waals surface area contributed by atoms with Gasteiger partial charge in [0.2, 0.25) is 0 Å². The first-order chi connectivity index (χ1) is 13.6. The second-order valence-corrected chi connectivity index (χ2v) is 7.78. The van der Waals surface area contributed by atoms with Gasteiger partial charge in [0.25, 0.3) is 11.8 Å². The van der Waals surface area contributed by atoms with E-state index < -0.39 is 6.04 Å². The van der Waals surface area contributed by atoms with Crippen molar-refractivity contribution in [3.63, 3.8) is 0 Å². The smallest absolute Gasteiger partial charge is 0.327 e. The van der Waals surface area contributed by atoms with Crippen molar-refractivity contribution in [3.8, 4) is 5.75 Å². The van der Waals surface area contributed by atoms with Gasteiger partial charge in [-0.05, 0) is 30.0 Å². The van der Waals surface area contributed by atoms with Crippen LogP contribution in [0.4, 0.5) is 4.79 Å². The van der Waals surface area contributed by atoms with E-state index >= 15 is 0 Å². The lowest BCUT2D eigenvalue weighted by Gasteiger charge is -2.35. The Bertz CT molecular complexity index is 856. The first kappa shape index (κ1) is 18.5. The molecule has 146 valence electrons. The number of ether oxygens (including phenoxy) is 1. The van der Waals surface area contributed by atoms with Crippen LogP contribution >= 0.6 is 11.3 Å². The topological polar surface area (TPSA) is 70.2 Å². The highest BCUT2D eigenvalue weighted by Gasteiger charge is 2.48. The Hall–Kier alpha value is -2.87. The predicted molar refractivity (Wildman–Crippen MR) is 104 cm³/mol. The maximum atomic E-state index is 12.8. The molecule has 0 spiro atoms. The number of piperazine rings is 1. The van der Waals surface area contributed by atoms with Gasteiger partial charge in [0.05, 0.1) is 6.54 Å². The lowest BCUT2D eigenvalue weighted by atomic mass is 10.2. The summed E-state index contributed by atoms with van der Waals surface area (Å²) < 4.78 is 5.52. The van der Waals surface area contributed by atoms with Gasteiger partial charge < -0.3 is 14.5 Å². The van der Waals surface area contributed by atoms with E-state index in [1.165, 1.54) is 4.90 Å². The Labute approximate surface area is 167 Å². The molecule has 2 fully saturated rings. The number of fused-ring (bicyclic) bond motifs is 1. The van der Waals surface area contributed by atoms with Gasteiger partial charge >= 0.3 is 6.03 Å². The minimum atomic E-state index is -0.592. The Balaban J connectivity index is 1.34. The van der Waals surface area contributed by atoms with Gasteiger partial charge in [-0.25, -0.2) is 4.79 Å². The van der Waals surface area contributed by atoms with E-state index in [-0.39, 0.29) is 31.0 Å². The molecule has 7 nitrogen and oxygen atoms in total. The number of amides is 4. The Morgan fingerprint density at radius 3 is 2.68 bits per heavy atom. The maximum Gasteiger partial charge on any atom is 0.327 e. The second kappa shape index (κ2) is 8.02. The number of carbonyl (C=O) groups excluding carboxylic acids is 3. The van der Waals surface area contributed by atoms with Crippen molar-refractivity contribution in [3.05, 3.63) is 52.7 Å². The molecule has 0 aliphatic carbocycles. The molecule has 0 saturated carbocycles. The molecule has 0 unspecified atom stereocenters. The molecule has 0 bridgehead atoms. The number of rotatable bonds is 6. The number of carbonyl (C=O) groups is 3. The molecule has 4 rings (SSSR count). The van der Waals surface area contributed by atoms with E-state index in [4.69, 9.17) is 4.74 Å². The number of para-hydroxylation sites is 1. The van der Waals surface area contributed by atoms with E-state index in [2.05, 4.69) is 0 Å². The van der Waals surface area contributed by atoms with Crippen LogP contribution in [0.5, 0.6) is 5.75 Å². The third-order valence-corrected chi connectivity index (χ3v) is 5.96. The molecular formula is C20H21N3O4S. The summed E-state index contributed by atoms with van der Waals surface area (Å²) >= 11 is 1.61. The molecule has 1 atom stereocenters. The minimum Gasteiger partial charge on any atom is -0.484 e. The molecule has 2 aliphatic heterocycles. The standard InChI is InChI=1S/C20H21N3O4S/c24-18(14-27-15-5-2-1-3-6-15)21-10-11-22-17(13-21)19(25)23(20(22)26)9-8-16-7-4-12-28-16/h1-7,12,17H,8-11,13-14H2/t17-/m1/s1. The summed E-state index contributed by atoms with van der Waals surface area (Å²) in [4.78, 5) is 43.5. The van der Waals surface area contributed by atoms with Crippen molar-refractivity contribution >= 4 is 29.2 Å². The second-order valence-electron chi connectivity index (χ2n) is 6.75. The fraction of sp³-hybridized carbons (Fsp3) is 0.350. The summed E-state index contributed by atoms with van der Waals surface area (Å²) in [5.41, 5.74) is 0. The zero-order valence-corrected chi connectivity index (χ0v) is 16.1. The van der Waals surface area contributed by atoms with Crippen LogP contribution < -0.4 is 4.74 Å². The van der Waals surface area contributed by atoms with E-state index in [1.807, 2.05) is 35.7 Å². The third-order valence-electron chi connectivity index (χ3n) is 5.03. The molecule has 0 N–H and O–H groups in total. The largest absolute Gasteiger partial charge is 0.484 e. The fourth-order valence-corrected chi connectivity index (χ4v) is 4.21. The van der Waals surface area contributed by atoms with Crippen molar-refractivity contribution in [1.29, 1.82) is 0 Å². The van der Waals surface area contributed by atoms with E-state index in [0.717, 1.165) is 4.88 Å². The average Bonchev–Trinajstić information content (AvgIpc) is 3.33. The third kappa shape index (κ3) is 3.73. The van der Waals surface area contributed by atoms with Gasteiger partial charge in [-0.15, -0.1) is 11.3 Å². The van der Waals surface area contributed by atoms with E-state index in [9.17, 15) is 14.4 Å². The van der Waals surface area contributed by atoms with E-state index in [0.29, 0.717) is 31.8 Å². The molecule has 28 heavy (non-hydrogen) atoms. The number of benzene rings is 1. The summed E-state index contributed by atoms with van der Waals surface area (Å²) in [5.74, 6) is 0.227. The van der Waals surface area contributed by atoms with Crippen molar-refractivity contribution in [1.82, 2.24) is 14.7 Å². The van der Waals surface area contributed by atoms with Crippen molar-refractivity contribution < 1.29 is 19.1 Å². The quantitative estimate of drug-likeness (QED) is 0.695. The molecule has 0 radical (unpaired) electrons. The summed E-state index contributed by atoms with van der Waals surface area (Å²) in [5, 5.41) is 1.98. The molecule has 8 heteroatoms. The summed E-state index contributed by atoms with van der Waals surface area (Å²) in [6, 6.07) is 12.2. The number of thiophene rings is 1. The monoisotopic (exact) mass is 399 g/mol.